The Labute approximate surface area is 252 Å². The molecule has 0 heterocycles. The highest BCUT2D eigenvalue weighted by molar-refractivity contribution is 7.92. The number of carbonyl (C=O) groups is 2. The summed E-state index contributed by atoms with van der Waals surface area (Å²) in [6.07, 6.45) is 0.229. The van der Waals surface area contributed by atoms with Gasteiger partial charge < -0.3 is 19.7 Å². The second kappa shape index (κ2) is 14.4. The van der Waals surface area contributed by atoms with Gasteiger partial charge in [-0.1, -0.05) is 60.7 Å². The van der Waals surface area contributed by atoms with E-state index in [4.69, 9.17) is 9.47 Å². The molecular weight excluding hydrogens is 566 g/mol. The van der Waals surface area contributed by atoms with E-state index in [-0.39, 0.29) is 23.8 Å². The summed E-state index contributed by atoms with van der Waals surface area (Å²) in [6, 6.07) is 30.0. The standard InChI is InChI=1S/C33H35N3O6S/c1-34-33(38)31(22-25-11-6-4-7-12-25)35(23-26-13-10-16-29(21-26)42-3)32(37)24-36(27-14-8-5-9-15-27)43(39,40)30-19-17-28(41-2)18-20-30/h4-21,31H,22-24H2,1-3H3,(H,34,38). The predicted octanol–water partition coefficient (Wildman–Crippen LogP) is 4.29. The molecule has 10 heteroatoms. The molecule has 1 atom stereocenters. The van der Waals surface area contributed by atoms with E-state index >= 15 is 0 Å². The number of rotatable bonds is 13. The molecular formula is C33H35N3O6S. The summed E-state index contributed by atoms with van der Waals surface area (Å²) >= 11 is 0. The number of methoxy groups -OCH3 is 2. The van der Waals surface area contributed by atoms with Gasteiger partial charge in [0, 0.05) is 20.0 Å². The zero-order chi connectivity index (χ0) is 30.8. The van der Waals surface area contributed by atoms with Crippen LogP contribution in [0.15, 0.2) is 114 Å². The summed E-state index contributed by atoms with van der Waals surface area (Å²) in [7, 11) is 0.363. The lowest BCUT2D eigenvalue weighted by Crippen LogP contribution is -2.53. The Morgan fingerprint density at radius 2 is 1.37 bits per heavy atom. The number of anilines is 1. The molecule has 1 unspecified atom stereocenters. The van der Waals surface area contributed by atoms with E-state index in [2.05, 4.69) is 5.32 Å². The number of hydrogen-bond acceptors (Lipinski definition) is 6. The zero-order valence-corrected chi connectivity index (χ0v) is 25.2. The van der Waals surface area contributed by atoms with Crippen LogP contribution in [-0.4, -0.2) is 59.0 Å². The van der Waals surface area contributed by atoms with Gasteiger partial charge in [-0.05, 0) is 59.7 Å². The highest BCUT2D eigenvalue weighted by Crippen LogP contribution is 2.26. The Kier molecular flexibility index (Phi) is 10.4. The molecule has 0 fully saturated rings. The largest absolute Gasteiger partial charge is 0.497 e. The third-order valence-electron chi connectivity index (χ3n) is 6.98. The monoisotopic (exact) mass is 601 g/mol. The maximum atomic E-state index is 14.3. The van der Waals surface area contributed by atoms with Crippen LogP contribution in [0.25, 0.3) is 0 Å². The molecule has 4 aromatic rings. The minimum atomic E-state index is -4.19. The van der Waals surface area contributed by atoms with Crippen molar-refractivity contribution in [3.63, 3.8) is 0 Å². The SMILES string of the molecule is CNC(=O)C(Cc1ccccc1)N(Cc1cccc(OC)c1)C(=O)CN(c1ccccc1)S(=O)(=O)c1ccc(OC)cc1. The Hall–Kier alpha value is -4.83. The highest BCUT2D eigenvalue weighted by atomic mass is 32.2. The number of amides is 2. The lowest BCUT2D eigenvalue weighted by atomic mass is 10.0. The molecule has 9 nitrogen and oxygen atoms in total. The van der Waals surface area contributed by atoms with Crippen LogP contribution >= 0.6 is 0 Å². The molecule has 2 amide bonds. The van der Waals surface area contributed by atoms with Gasteiger partial charge in [-0.3, -0.25) is 13.9 Å². The predicted molar refractivity (Wildman–Crippen MR) is 166 cm³/mol. The van der Waals surface area contributed by atoms with Crippen molar-refractivity contribution in [2.24, 2.45) is 0 Å². The maximum absolute atomic E-state index is 14.3. The number of para-hydroxylation sites is 1. The van der Waals surface area contributed by atoms with Gasteiger partial charge in [0.05, 0.1) is 24.8 Å². The minimum absolute atomic E-state index is 0.00330. The Bertz CT molecular complexity index is 1610. The number of carbonyl (C=O) groups excluding carboxylic acids is 2. The number of sulfonamides is 1. The third kappa shape index (κ3) is 7.72. The molecule has 4 rings (SSSR count). The van der Waals surface area contributed by atoms with Gasteiger partial charge >= 0.3 is 0 Å². The molecule has 0 aliphatic carbocycles. The molecule has 0 aromatic heterocycles. The van der Waals surface area contributed by atoms with Crippen molar-refractivity contribution in [2.45, 2.75) is 23.9 Å². The number of nitrogens with one attached hydrogen (secondary N) is 1. The summed E-state index contributed by atoms with van der Waals surface area (Å²) in [5.74, 6) is 0.176. The molecule has 4 aromatic carbocycles. The normalized spacial score (nSPS) is 11.7. The molecule has 224 valence electrons. The van der Waals surface area contributed by atoms with Gasteiger partial charge in [-0.25, -0.2) is 8.42 Å². The van der Waals surface area contributed by atoms with E-state index in [0.29, 0.717) is 17.2 Å². The highest BCUT2D eigenvalue weighted by Gasteiger charge is 2.34. The lowest BCUT2D eigenvalue weighted by molar-refractivity contribution is -0.139. The Morgan fingerprint density at radius 3 is 1.98 bits per heavy atom. The van der Waals surface area contributed by atoms with Crippen LogP contribution in [0.3, 0.4) is 0 Å². The van der Waals surface area contributed by atoms with E-state index in [1.807, 2.05) is 36.4 Å². The van der Waals surface area contributed by atoms with Crippen LogP contribution < -0.4 is 19.1 Å². The number of benzene rings is 4. The van der Waals surface area contributed by atoms with Crippen LogP contribution in [-0.2, 0) is 32.6 Å². The van der Waals surface area contributed by atoms with Crippen LogP contribution in [0.1, 0.15) is 11.1 Å². The van der Waals surface area contributed by atoms with Crippen LogP contribution in [0, 0.1) is 0 Å². The van der Waals surface area contributed by atoms with Gasteiger partial charge in [-0.15, -0.1) is 0 Å². The van der Waals surface area contributed by atoms with Crippen molar-refractivity contribution < 1.29 is 27.5 Å². The fourth-order valence-corrected chi connectivity index (χ4v) is 6.10. The van der Waals surface area contributed by atoms with Gasteiger partial charge in [0.2, 0.25) is 11.8 Å². The molecule has 43 heavy (non-hydrogen) atoms. The topological polar surface area (TPSA) is 105 Å². The summed E-state index contributed by atoms with van der Waals surface area (Å²) in [5, 5.41) is 2.68. The fraction of sp³-hybridized carbons (Fsp3) is 0.212. The van der Waals surface area contributed by atoms with Gasteiger partial charge in [0.25, 0.3) is 10.0 Å². The summed E-state index contributed by atoms with van der Waals surface area (Å²) in [6.45, 7) is -0.489. The maximum Gasteiger partial charge on any atom is 0.264 e. The van der Waals surface area contributed by atoms with Crippen LogP contribution in [0.4, 0.5) is 5.69 Å². The smallest absolute Gasteiger partial charge is 0.264 e. The fourth-order valence-electron chi connectivity index (χ4n) is 4.69. The van der Waals surface area contributed by atoms with Gasteiger partial charge in [0.1, 0.15) is 24.1 Å². The van der Waals surface area contributed by atoms with E-state index < -0.39 is 28.5 Å². The van der Waals surface area contributed by atoms with Crippen molar-refractivity contribution in [1.29, 1.82) is 0 Å². The van der Waals surface area contributed by atoms with Crippen molar-refractivity contribution in [1.82, 2.24) is 10.2 Å². The van der Waals surface area contributed by atoms with E-state index in [1.165, 1.54) is 31.2 Å². The summed E-state index contributed by atoms with van der Waals surface area (Å²) in [4.78, 5) is 29.1. The van der Waals surface area contributed by atoms with Crippen molar-refractivity contribution in [3.8, 4) is 11.5 Å². The third-order valence-corrected chi connectivity index (χ3v) is 8.76. The van der Waals surface area contributed by atoms with Crippen LogP contribution in [0.5, 0.6) is 11.5 Å². The number of likely N-dealkylation sites (N-methyl/N-ethyl adjacent to an activating group) is 1. The second-order valence-electron chi connectivity index (χ2n) is 9.72. The van der Waals surface area contributed by atoms with E-state index in [9.17, 15) is 18.0 Å². The van der Waals surface area contributed by atoms with E-state index in [1.54, 1.807) is 67.8 Å². The first-order valence-corrected chi connectivity index (χ1v) is 15.1. The number of hydrogen-bond donors (Lipinski definition) is 1. The first-order valence-electron chi connectivity index (χ1n) is 13.7. The molecule has 0 aliphatic rings. The van der Waals surface area contributed by atoms with Crippen LogP contribution in [0.2, 0.25) is 0 Å². The number of nitrogens with zero attached hydrogens (tertiary/aromatic N) is 2. The molecule has 0 saturated carbocycles. The molecule has 0 saturated heterocycles. The average molecular weight is 602 g/mol. The minimum Gasteiger partial charge on any atom is -0.497 e. The molecule has 0 bridgehead atoms. The molecule has 1 N–H and O–H groups in total. The lowest BCUT2D eigenvalue weighted by Gasteiger charge is -2.33. The molecule has 0 radical (unpaired) electrons. The summed E-state index contributed by atoms with van der Waals surface area (Å²) < 4.78 is 39.6. The van der Waals surface area contributed by atoms with Crippen molar-refractivity contribution in [2.75, 3.05) is 32.1 Å². The quantitative estimate of drug-likeness (QED) is 0.245. The first kappa shape index (κ1) is 31.1. The van der Waals surface area contributed by atoms with Crippen molar-refractivity contribution in [3.05, 3.63) is 120 Å². The average Bonchev–Trinajstić information content (AvgIpc) is 3.05. The Balaban J connectivity index is 1.77. The van der Waals surface area contributed by atoms with E-state index in [0.717, 1.165) is 15.4 Å². The first-order chi connectivity index (χ1) is 20.8. The zero-order valence-electron chi connectivity index (χ0n) is 24.3. The Morgan fingerprint density at radius 1 is 0.767 bits per heavy atom. The molecule has 0 spiro atoms. The number of ether oxygens (including phenoxy) is 2. The molecule has 0 aliphatic heterocycles. The summed E-state index contributed by atoms with van der Waals surface area (Å²) in [5.41, 5.74) is 1.89. The second-order valence-corrected chi connectivity index (χ2v) is 11.6. The van der Waals surface area contributed by atoms with Gasteiger partial charge in [-0.2, -0.15) is 0 Å². The van der Waals surface area contributed by atoms with Crippen molar-refractivity contribution >= 4 is 27.5 Å². The van der Waals surface area contributed by atoms with Gasteiger partial charge in [0.15, 0.2) is 0 Å².